The predicted molar refractivity (Wildman–Crippen MR) is 45.3 cm³/mol. The maximum atomic E-state index is 12.4. The van der Waals surface area contributed by atoms with Gasteiger partial charge in [0.25, 0.3) is 12.2 Å². The fourth-order valence-corrected chi connectivity index (χ4v) is 1.15. The summed E-state index contributed by atoms with van der Waals surface area (Å²) in [7, 11) is 0. The number of aromatic nitrogens is 1. The predicted octanol–water partition coefficient (Wildman–Crippen LogP) is 2.53. The van der Waals surface area contributed by atoms with Gasteiger partial charge in [0, 0.05) is 11.6 Å². The average molecular weight is 257 g/mol. The highest BCUT2D eigenvalue weighted by Gasteiger charge is 2.41. The van der Waals surface area contributed by atoms with Crippen LogP contribution < -0.4 is 5.73 Å². The summed E-state index contributed by atoms with van der Waals surface area (Å²) in [5.74, 6) is -2.51. The second-order valence-corrected chi connectivity index (χ2v) is 2.89. The SMILES string of the molecule is Nc1nc([N+](=O)[O-])cc(C(F)F)c1C(F)(F)F. The number of alkyl halides is 5. The number of halogens is 5. The lowest BCUT2D eigenvalue weighted by atomic mass is 10.1. The molecule has 94 valence electrons. The van der Waals surface area contributed by atoms with E-state index in [-0.39, 0.29) is 6.07 Å². The minimum atomic E-state index is -5.15. The highest BCUT2D eigenvalue weighted by atomic mass is 19.4. The first kappa shape index (κ1) is 13.1. The Kier molecular flexibility index (Phi) is 3.16. The van der Waals surface area contributed by atoms with Crippen LogP contribution in [-0.2, 0) is 6.18 Å². The lowest BCUT2D eigenvalue weighted by molar-refractivity contribution is -0.389. The maximum absolute atomic E-state index is 12.4. The van der Waals surface area contributed by atoms with Crippen molar-refractivity contribution in [2.75, 3.05) is 5.73 Å². The van der Waals surface area contributed by atoms with Crippen molar-refractivity contribution >= 4 is 11.6 Å². The van der Waals surface area contributed by atoms with E-state index in [1.165, 1.54) is 0 Å². The van der Waals surface area contributed by atoms with Crippen molar-refractivity contribution in [2.24, 2.45) is 0 Å². The van der Waals surface area contributed by atoms with Gasteiger partial charge in [-0.15, -0.1) is 0 Å². The van der Waals surface area contributed by atoms with Gasteiger partial charge in [-0.25, -0.2) is 8.78 Å². The van der Waals surface area contributed by atoms with Gasteiger partial charge in [0.2, 0.25) is 0 Å². The fourth-order valence-electron chi connectivity index (χ4n) is 1.15. The molecule has 0 atom stereocenters. The molecule has 0 bridgehead atoms. The fraction of sp³-hybridized carbons (Fsp3) is 0.286. The van der Waals surface area contributed by atoms with Crippen molar-refractivity contribution in [3.8, 4) is 0 Å². The second kappa shape index (κ2) is 4.11. The molecule has 0 aliphatic heterocycles. The Morgan fingerprint density at radius 1 is 1.41 bits per heavy atom. The Morgan fingerprint density at radius 2 is 1.94 bits per heavy atom. The van der Waals surface area contributed by atoms with Gasteiger partial charge in [-0.05, 0) is 9.91 Å². The van der Waals surface area contributed by atoms with Gasteiger partial charge in [0.1, 0.15) is 5.56 Å². The Morgan fingerprint density at radius 3 is 2.29 bits per heavy atom. The first-order chi connectivity index (χ1) is 7.64. The van der Waals surface area contributed by atoms with E-state index in [4.69, 9.17) is 5.73 Å². The van der Waals surface area contributed by atoms with E-state index in [1.54, 1.807) is 0 Å². The van der Waals surface area contributed by atoms with Crippen molar-refractivity contribution < 1.29 is 26.9 Å². The summed E-state index contributed by atoms with van der Waals surface area (Å²) < 4.78 is 61.9. The number of rotatable bonds is 2. The molecule has 1 heterocycles. The minimum absolute atomic E-state index is 0.0594. The summed E-state index contributed by atoms with van der Waals surface area (Å²) in [4.78, 5) is 11.9. The zero-order valence-electron chi connectivity index (χ0n) is 7.83. The van der Waals surface area contributed by atoms with Crippen molar-refractivity contribution in [3.05, 3.63) is 27.3 Å². The molecule has 10 heteroatoms. The molecule has 0 aliphatic carbocycles. The molecule has 1 rings (SSSR count). The zero-order chi connectivity index (χ0) is 13.4. The second-order valence-electron chi connectivity index (χ2n) is 2.89. The van der Waals surface area contributed by atoms with Crippen molar-refractivity contribution in [1.82, 2.24) is 4.98 Å². The standard InChI is InChI=1S/C7H4F5N3O2/c8-5(9)2-1-3(15(16)17)14-6(13)4(2)7(10,11)12/h1,5H,(H2,13,14). The molecule has 0 fully saturated rings. The summed E-state index contributed by atoms with van der Waals surface area (Å²) in [6.45, 7) is 0. The maximum Gasteiger partial charge on any atom is 0.422 e. The summed E-state index contributed by atoms with van der Waals surface area (Å²) in [6.07, 6.45) is -8.70. The van der Waals surface area contributed by atoms with E-state index >= 15 is 0 Å². The largest absolute Gasteiger partial charge is 0.422 e. The van der Waals surface area contributed by atoms with Crippen molar-refractivity contribution in [1.29, 1.82) is 0 Å². The number of pyridine rings is 1. The molecule has 0 aliphatic rings. The van der Waals surface area contributed by atoms with Gasteiger partial charge in [-0.3, -0.25) is 0 Å². The summed E-state index contributed by atoms with van der Waals surface area (Å²) in [5, 5.41) is 10.3. The van der Waals surface area contributed by atoms with Crippen LogP contribution in [0.3, 0.4) is 0 Å². The molecular weight excluding hydrogens is 253 g/mol. The van der Waals surface area contributed by atoms with Gasteiger partial charge in [-0.1, -0.05) is 0 Å². The Labute approximate surface area is 90.2 Å². The molecule has 0 amide bonds. The molecule has 0 spiro atoms. The molecule has 0 radical (unpaired) electrons. The van der Waals surface area contributed by atoms with E-state index in [0.29, 0.717) is 0 Å². The van der Waals surface area contributed by atoms with Crippen molar-refractivity contribution in [3.63, 3.8) is 0 Å². The summed E-state index contributed by atoms with van der Waals surface area (Å²) in [6, 6.07) is 0.0594. The first-order valence-electron chi connectivity index (χ1n) is 3.94. The number of anilines is 1. The van der Waals surface area contributed by atoms with Crippen LogP contribution >= 0.6 is 0 Å². The number of nitrogens with zero attached hydrogens (tertiary/aromatic N) is 2. The van der Waals surface area contributed by atoms with Crippen LogP contribution in [0.1, 0.15) is 17.6 Å². The normalized spacial score (nSPS) is 11.9. The molecule has 1 aromatic heterocycles. The molecule has 5 nitrogen and oxygen atoms in total. The molecular formula is C7H4F5N3O2. The van der Waals surface area contributed by atoms with Crippen LogP contribution in [0.2, 0.25) is 0 Å². The Hall–Kier alpha value is -2.00. The molecule has 1 aromatic rings. The number of nitrogen functional groups attached to an aromatic ring is 1. The first-order valence-corrected chi connectivity index (χ1v) is 3.94. The molecule has 0 saturated heterocycles. The minimum Gasteiger partial charge on any atom is -0.362 e. The Bertz CT molecular complexity index is 460. The third-order valence-corrected chi connectivity index (χ3v) is 1.77. The van der Waals surface area contributed by atoms with Crippen LogP contribution in [0.15, 0.2) is 6.07 Å². The van der Waals surface area contributed by atoms with E-state index in [2.05, 4.69) is 4.98 Å². The van der Waals surface area contributed by atoms with Gasteiger partial charge < -0.3 is 15.8 Å². The van der Waals surface area contributed by atoms with Crippen LogP contribution in [0.5, 0.6) is 0 Å². The van der Waals surface area contributed by atoms with E-state index in [1.807, 2.05) is 0 Å². The van der Waals surface area contributed by atoms with E-state index < -0.39 is 40.3 Å². The van der Waals surface area contributed by atoms with Crippen LogP contribution in [0.25, 0.3) is 0 Å². The van der Waals surface area contributed by atoms with Crippen molar-refractivity contribution in [2.45, 2.75) is 12.6 Å². The zero-order valence-corrected chi connectivity index (χ0v) is 7.83. The van der Waals surface area contributed by atoms with Crippen LogP contribution in [0.4, 0.5) is 33.6 Å². The van der Waals surface area contributed by atoms with E-state index in [9.17, 15) is 32.1 Å². The van der Waals surface area contributed by atoms with Crippen LogP contribution in [-0.4, -0.2) is 9.91 Å². The quantitative estimate of drug-likeness (QED) is 0.501. The van der Waals surface area contributed by atoms with E-state index in [0.717, 1.165) is 0 Å². The Balaban J connectivity index is 3.55. The highest BCUT2D eigenvalue weighted by molar-refractivity contribution is 5.51. The number of hydrogen-bond donors (Lipinski definition) is 1. The van der Waals surface area contributed by atoms with Crippen LogP contribution in [0, 0.1) is 10.1 Å². The molecule has 0 saturated carbocycles. The van der Waals surface area contributed by atoms with Gasteiger partial charge in [0.15, 0.2) is 0 Å². The summed E-state index contributed by atoms with van der Waals surface area (Å²) >= 11 is 0. The molecule has 0 unspecified atom stereocenters. The molecule has 17 heavy (non-hydrogen) atoms. The lowest BCUT2D eigenvalue weighted by Crippen LogP contribution is -2.15. The highest BCUT2D eigenvalue weighted by Crippen LogP contribution is 2.40. The third-order valence-electron chi connectivity index (χ3n) is 1.77. The smallest absolute Gasteiger partial charge is 0.362 e. The van der Waals surface area contributed by atoms with Gasteiger partial charge in [0.05, 0.1) is 0 Å². The van der Waals surface area contributed by atoms with Gasteiger partial charge in [-0.2, -0.15) is 13.2 Å². The monoisotopic (exact) mass is 257 g/mol. The average Bonchev–Trinajstić information content (AvgIpc) is 2.13. The number of nitrogens with two attached hydrogens (primary N) is 1. The lowest BCUT2D eigenvalue weighted by Gasteiger charge is -2.11. The molecule has 0 aromatic carbocycles. The topological polar surface area (TPSA) is 82.0 Å². The van der Waals surface area contributed by atoms with Gasteiger partial charge >= 0.3 is 12.0 Å². The number of hydrogen-bond acceptors (Lipinski definition) is 4. The summed E-state index contributed by atoms with van der Waals surface area (Å²) in [5.41, 5.74) is 1.41. The molecule has 2 N–H and O–H groups in total. The third kappa shape index (κ3) is 2.57. The number of nitro groups is 1.